The molecule has 0 spiro atoms. The molecule has 0 fully saturated rings. The number of hydrogen-bond donors (Lipinski definition) is 1. The van der Waals surface area contributed by atoms with Crippen LogP contribution in [0.15, 0.2) is 42.5 Å². The van der Waals surface area contributed by atoms with Gasteiger partial charge < -0.3 is 19.5 Å². The number of carbonyl (C=O) groups is 2. The minimum atomic E-state index is -0.548. The third-order valence-electron chi connectivity index (χ3n) is 4.74. The van der Waals surface area contributed by atoms with Crippen molar-refractivity contribution >= 4 is 11.9 Å². The van der Waals surface area contributed by atoms with Crippen LogP contribution in [0.4, 0.5) is 4.39 Å². The highest BCUT2D eigenvalue weighted by Gasteiger charge is 2.21. The van der Waals surface area contributed by atoms with Gasteiger partial charge >= 0.3 is 5.97 Å². The summed E-state index contributed by atoms with van der Waals surface area (Å²) in [6.45, 7) is 4.80. The summed E-state index contributed by atoms with van der Waals surface area (Å²) in [4.78, 5) is 24.3. The lowest BCUT2D eigenvalue weighted by atomic mass is 9.95. The van der Waals surface area contributed by atoms with Crippen LogP contribution in [0.3, 0.4) is 0 Å². The summed E-state index contributed by atoms with van der Waals surface area (Å²) in [5.74, 6) is 0.145. The smallest absolute Gasteiger partial charge is 0.310 e. The molecule has 3 rings (SSSR count). The van der Waals surface area contributed by atoms with E-state index in [1.54, 1.807) is 0 Å². The van der Waals surface area contributed by atoms with E-state index < -0.39 is 11.9 Å². The van der Waals surface area contributed by atoms with Crippen molar-refractivity contribution in [1.29, 1.82) is 0 Å². The van der Waals surface area contributed by atoms with Crippen molar-refractivity contribution in [2.75, 3.05) is 19.8 Å². The number of esters is 1. The molecule has 1 amide bonds. The second-order valence-electron chi connectivity index (χ2n) is 7.51. The first-order valence-corrected chi connectivity index (χ1v) is 10.0. The van der Waals surface area contributed by atoms with Gasteiger partial charge in [0.2, 0.25) is 0 Å². The predicted octanol–water partition coefficient (Wildman–Crippen LogP) is 3.59. The first-order valence-electron chi connectivity index (χ1n) is 10.0. The van der Waals surface area contributed by atoms with Crippen molar-refractivity contribution in [3.05, 3.63) is 59.4 Å². The molecule has 0 aromatic heterocycles. The molecule has 0 saturated heterocycles. The van der Waals surface area contributed by atoms with Crippen molar-refractivity contribution in [2.45, 2.75) is 32.7 Å². The average Bonchev–Trinajstić information content (AvgIpc) is 2.97. The van der Waals surface area contributed by atoms with Crippen molar-refractivity contribution in [3.8, 4) is 11.5 Å². The highest BCUT2D eigenvalue weighted by atomic mass is 19.1. The highest BCUT2D eigenvalue weighted by Crippen LogP contribution is 2.34. The van der Waals surface area contributed by atoms with E-state index in [2.05, 4.69) is 5.32 Å². The van der Waals surface area contributed by atoms with Gasteiger partial charge in [-0.15, -0.1) is 0 Å². The molecular formula is C23H26FNO5. The van der Waals surface area contributed by atoms with Gasteiger partial charge in [0.1, 0.15) is 5.82 Å². The number of nitrogens with one attached hydrogen (secondary N) is 1. The van der Waals surface area contributed by atoms with Gasteiger partial charge in [-0.05, 0) is 41.3 Å². The van der Waals surface area contributed by atoms with Gasteiger partial charge in [-0.25, -0.2) is 4.39 Å². The largest absolute Gasteiger partial charge is 0.490 e. The summed E-state index contributed by atoms with van der Waals surface area (Å²) in [5, 5.41) is 2.92. The van der Waals surface area contributed by atoms with Crippen molar-refractivity contribution in [3.63, 3.8) is 0 Å². The lowest BCUT2D eigenvalue weighted by molar-refractivity contribution is -0.148. The third-order valence-corrected chi connectivity index (χ3v) is 4.74. The first-order chi connectivity index (χ1) is 14.4. The molecule has 7 heteroatoms. The summed E-state index contributed by atoms with van der Waals surface area (Å²) in [7, 11) is 0. The standard InChI is InChI=1S/C23H26FNO5/c1-15(2)23(17-6-9-19-20(13-17)29-11-3-10-28-19)25-21(26)14-30-22(27)12-16-4-7-18(24)8-5-16/h4-9,13,15,23H,3,10-12,14H2,1-2H3,(H,25,26)/t23-/m0/s1. The zero-order valence-electron chi connectivity index (χ0n) is 17.2. The maximum absolute atomic E-state index is 12.9. The van der Waals surface area contributed by atoms with Crippen LogP contribution in [0.2, 0.25) is 0 Å². The van der Waals surface area contributed by atoms with Crippen LogP contribution in [-0.4, -0.2) is 31.7 Å². The van der Waals surface area contributed by atoms with Gasteiger partial charge in [0.25, 0.3) is 5.91 Å². The van der Waals surface area contributed by atoms with Crippen LogP contribution in [0, 0.1) is 11.7 Å². The zero-order valence-corrected chi connectivity index (χ0v) is 17.2. The van der Waals surface area contributed by atoms with Gasteiger partial charge in [-0.2, -0.15) is 0 Å². The van der Waals surface area contributed by atoms with Crippen LogP contribution in [0.25, 0.3) is 0 Å². The second kappa shape index (κ2) is 10.1. The lowest BCUT2D eigenvalue weighted by Gasteiger charge is -2.24. The number of hydrogen-bond acceptors (Lipinski definition) is 5. The fourth-order valence-electron chi connectivity index (χ4n) is 3.19. The molecule has 1 aliphatic heterocycles. The van der Waals surface area contributed by atoms with Crippen molar-refractivity contribution in [2.24, 2.45) is 5.92 Å². The van der Waals surface area contributed by atoms with Gasteiger partial charge in [0.05, 0.1) is 25.7 Å². The van der Waals surface area contributed by atoms with Gasteiger partial charge in [0.15, 0.2) is 18.1 Å². The minimum Gasteiger partial charge on any atom is -0.490 e. The van der Waals surface area contributed by atoms with E-state index in [1.807, 2.05) is 32.0 Å². The molecule has 0 unspecified atom stereocenters. The quantitative estimate of drug-likeness (QED) is 0.700. The van der Waals surface area contributed by atoms with Crippen LogP contribution in [0.1, 0.15) is 37.4 Å². The summed E-state index contributed by atoms with van der Waals surface area (Å²) >= 11 is 0. The van der Waals surface area contributed by atoms with Crippen LogP contribution in [-0.2, 0) is 20.7 Å². The molecule has 0 saturated carbocycles. The van der Waals surface area contributed by atoms with E-state index in [0.717, 1.165) is 12.0 Å². The number of fused-ring (bicyclic) bond motifs is 1. The summed E-state index contributed by atoms with van der Waals surface area (Å²) in [5.41, 5.74) is 1.51. The zero-order chi connectivity index (χ0) is 21.5. The SMILES string of the molecule is CC(C)[C@H](NC(=O)COC(=O)Cc1ccc(F)cc1)c1ccc2c(c1)OCCCO2. The third kappa shape index (κ3) is 5.95. The Kier molecular flexibility index (Phi) is 7.27. The molecule has 1 N–H and O–H groups in total. The molecule has 2 aromatic carbocycles. The Morgan fingerprint density at radius 2 is 1.77 bits per heavy atom. The van der Waals surface area contributed by atoms with Gasteiger partial charge in [0, 0.05) is 6.42 Å². The minimum absolute atomic E-state index is 0.0245. The summed E-state index contributed by atoms with van der Waals surface area (Å²) < 4.78 is 29.4. The number of rotatable bonds is 7. The summed E-state index contributed by atoms with van der Waals surface area (Å²) in [6.07, 6.45) is 0.793. The number of carbonyl (C=O) groups excluding carboxylic acids is 2. The predicted molar refractivity (Wildman–Crippen MR) is 109 cm³/mol. The second-order valence-corrected chi connectivity index (χ2v) is 7.51. The van der Waals surface area contributed by atoms with E-state index in [9.17, 15) is 14.0 Å². The van der Waals surface area contributed by atoms with Crippen molar-refractivity contribution in [1.82, 2.24) is 5.32 Å². The van der Waals surface area contributed by atoms with Gasteiger partial charge in [-0.1, -0.05) is 32.0 Å². The molecule has 0 aliphatic carbocycles. The Morgan fingerprint density at radius 3 is 2.47 bits per heavy atom. The molecule has 2 aromatic rings. The van der Waals surface area contributed by atoms with Crippen LogP contribution in [0.5, 0.6) is 11.5 Å². The Morgan fingerprint density at radius 1 is 1.07 bits per heavy atom. The monoisotopic (exact) mass is 415 g/mol. The maximum atomic E-state index is 12.9. The Labute approximate surface area is 175 Å². The Hall–Kier alpha value is -3.09. The average molecular weight is 415 g/mol. The van der Waals surface area contributed by atoms with E-state index in [4.69, 9.17) is 14.2 Å². The number of halogens is 1. The molecule has 1 aliphatic rings. The Balaban J connectivity index is 1.57. The van der Waals surface area contributed by atoms with Crippen molar-refractivity contribution < 1.29 is 28.2 Å². The molecule has 1 heterocycles. The first kappa shape index (κ1) is 21.6. The Bertz CT molecular complexity index is 882. The molecule has 0 bridgehead atoms. The van der Waals surface area contributed by atoms with E-state index in [1.165, 1.54) is 24.3 Å². The fourth-order valence-corrected chi connectivity index (χ4v) is 3.19. The summed E-state index contributed by atoms with van der Waals surface area (Å²) in [6, 6.07) is 10.9. The van der Waals surface area contributed by atoms with E-state index in [-0.39, 0.29) is 30.8 Å². The van der Waals surface area contributed by atoms with E-state index >= 15 is 0 Å². The molecule has 160 valence electrons. The molecule has 6 nitrogen and oxygen atoms in total. The normalized spacial score (nSPS) is 14.0. The topological polar surface area (TPSA) is 73.9 Å². The number of ether oxygens (including phenoxy) is 3. The number of amides is 1. The molecule has 30 heavy (non-hydrogen) atoms. The fraction of sp³-hybridized carbons (Fsp3) is 0.391. The molecule has 0 radical (unpaired) electrons. The number of benzene rings is 2. The highest BCUT2D eigenvalue weighted by molar-refractivity contribution is 5.81. The van der Waals surface area contributed by atoms with Gasteiger partial charge in [-0.3, -0.25) is 9.59 Å². The molecular weight excluding hydrogens is 389 g/mol. The molecule has 1 atom stereocenters. The van der Waals surface area contributed by atoms with Crippen LogP contribution < -0.4 is 14.8 Å². The van der Waals surface area contributed by atoms with E-state index in [0.29, 0.717) is 30.3 Å². The lowest BCUT2D eigenvalue weighted by Crippen LogP contribution is -2.35. The van der Waals surface area contributed by atoms with Crippen LogP contribution >= 0.6 is 0 Å². The maximum Gasteiger partial charge on any atom is 0.310 e.